The van der Waals surface area contributed by atoms with Crippen LogP contribution >= 0.6 is 11.8 Å². The Balaban J connectivity index is 1.52. The van der Waals surface area contributed by atoms with E-state index in [0.29, 0.717) is 10.9 Å². The van der Waals surface area contributed by atoms with Crippen molar-refractivity contribution in [2.45, 2.75) is 11.3 Å². The summed E-state index contributed by atoms with van der Waals surface area (Å²) in [5.41, 5.74) is 0.137. The van der Waals surface area contributed by atoms with E-state index in [2.05, 4.69) is 20.4 Å². The van der Waals surface area contributed by atoms with Crippen molar-refractivity contribution in [2.24, 2.45) is 0 Å². The molecule has 33 heavy (non-hydrogen) atoms. The third-order valence-electron chi connectivity index (χ3n) is 4.53. The minimum absolute atomic E-state index is 0.0305. The first kappa shape index (κ1) is 22.4. The monoisotopic (exact) mass is 474 g/mol. The van der Waals surface area contributed by atoms with Crippen LogP contribution in [0.2, 0.25) is 0 Å². The second-order valence-corrected chi connectivity index (χ2v) is 7.63. The molecule has 0 fully saturated rings. The molecule has 0 aliphatic rings. The van der Waals surface area contributed by atoms with Gasteiger partial charge in [-0.15, -0.1) is 0 Å². The van der Waals surface area contributed by atoms with Crippen molar-refractivity contribution in [1.29, 1.82) is 0 Å². The summed E-state index contributed by atoms with van der Waals surface area (Å²) in [5, 5.41) is 7.02. The number of carbonyl (C=O) groups excluding carboxylic acids is 1. The minimum Gasteiger partial charge on any atom is -0.497 e. The number of alkyl halides is 3. The average Bonchev–Trinajstić information content (AvgIpc) is 3.49. The van der Waals surface area contributed by atoms with Crippen molar-refractivity contribution in [3.63, 3.8) is 0 Å². The van der Waals surface area contributed by atoms with Gasteiger partial charge in [-0.3, -0.25) is 9.36 Å². The standard InChI is InChI=1S/C21H17F3N6O2S/c1-32-16-4-2-3-15(10-16)29-8-7-26-20(29)33-11-19(31)28-17-9-14(21(22,23)24)5-6-18(17)30-13-25-12-27-30/h2-10,12-13H,11H2,1H3,(H,28,31). The molecule has 0 bridgehead atoms. The van der Waals surface area contributed by atoms with Crippen molar-refractivity contribution in [1.82, 2.24) is 24.3 Å². The third-order valence-corrected chi connectivity index (χ3v) is 5.50. The molecule has 0 saturated carbocycles. The molecule has 0 unspecified atom stereocenters. The second kappa shape index (κ2) is 9.36. The Morgan fingerprint density at radius 1 is 1.21 bits per heavy atom. The number of carbonyl (C=O) groups is 1. The fourth-order valence-corrected chi connectivity index (χ4v) is 3.79. The first-order chi connectivity index (χ1) is 15.8. The van der Waals surface area contributed by atoms with Gasteiger partial charge in [0.1, 0.15) is 18.4 Å². The van der Waals surface area contributed by atoms with Crippen molar-refractivity contribution in [3.8, 4) is 17.1 Å². The zero-order chi connectivity index (χ0) is 23.4. The van der Waals surface area contributed by atoms with E-state index < -0.39 is 17.6 Å². The summed E-state index contributed by atoms with van der Waals surface area (Å²) < 4.78 is 47.9. The van der Waals surface area contributed by atoms with Crippen LogP contribution in [0.15, 0.2) is 72.7 Å². The largest absolute Gasteiger partial charge is 0.497 e. The molecule has 0 aliphatic carbocycles. The molecule has 12 heteroatoms. The van der Waals surface area contributed by atoms with Gasteiger partial charge >= 0.3 is 6.18 Å². The van der Waals surface area contributed by atoms with Crippen molar-refractivity contribution in [3.05, 3.63) is 73.1 Å². The van der Waals surface area contributed by atoms with Crippen LogP contribution in [-0.4, -0.2) is 43.1 Å². The number of anilines is 1. The SMILES string of the molecule is COc1cccc(-n2ccnc2SCC(=O)Nc2cc(C(F)(F)F)ccc2-n2cncn2)c1. The number of thioether (sulfide) groups is 1. The third kappa shape index (κ3) is 5.17. The highest BCUT2D eigenvalue weighted by molar-refractivity contribution is 7.99. The van der Waals surface area contributed by atoms with Gasteiger partial charge in [0.2, 0.25) is 5.91 Å². The van der Waals surface area contributed by atoms with Crippen LogP contribution in [0.3, 0.4) is 0 Å². The van der Waals surface area contributed by atoms with E-state index in [9.17, 15) is 18.0 Å². The maximum Gasteiger partial charge on any atom is 0.416 e. The summed E-state index contributed by atoms with van der Waals surface area (Å²) in [7, 11) is 1.56. The summed E-state index contributed by atoms with van der Waals surface area (Å²) in [4.78, 5) is 20.7. The van der Waals surface area contributed by atoms with Crippen molar-refractivity contribution >= 4 is 23.4 Å². The lowest BCUT2D eigenvalue weighted by Crippen LogP contribution is -2.17. The van der Waals surface area contributed by atoms with Gasteiger partial charge in [-0.25, -0.2) is 14.6 Å². The minimum atomic E-state index is -4.56. The maximum absolute atomic E-state index is 13.2. The van der Waals surface area contributed by atoms with E-state index in [1.165, 1.54) is 23.4 Å². The van der Waals surface area contributed by atoms with Crippen LogP contribution in [-0.2, 0) is 11.0 Å². The topological polar surface area (TPSA) is 86.9 Å². The molecule has 2 heterocycles. The quantitative estimate of drug-likeness (QED) is 0.404. The number of nitrogens with zero attached hydrogens (tertiary/aromatic N) is 5. The number of benzene rings is 2. The Morgan fingerprint density at radius 2 is 2.06 bits per heavy atom. The summed E-state index contributed by atoms with van der Waals surface area (Å²) >= 11 is 1.14. The first-order valence-corrected chi connectivity index (χ1v) is 10.5. The number of aromatic nitrogens is 5. The Kier molecular flexibility index (Phi) is 6.36. The molecule has 0 atom stereocenters. The lowest BCUT2D eigenvalue weighted by molar-refractivity contribution is -0.137. The predicted molar refractivity (Wildman–Crippen MR) is 116 cm³/mol. The number of rotatable bonds is 7. The number of methoxy groups -OCH3 is 1. The number of ether oxygens (including phenoxy) is 1. The van der Waals surface area contributed by atoms with Crippen LogP contribution in [0.5, 0.6) is 5.75 Å². The summed E-state index contributed by atoms with van der Waals surface area (Å²) in [5.74, 6) is 0.0922. The smallest absolute Gasteiger partial charge is 0.416 e. The van der Waals surface area contributed by atoms with Gasteiger partial charge in [-0.05, 0) is 30.3 Å². The molecule has 0 aliphatic heterocycles. The van der Waals surface area contributed by atoms with Gasteiger partial charge in [0, 0.05) is 18.5 Å². The molecule has 8 nitrogen and oxygen atoms in total. The van der Waals surface area contributed by atoms with Gasteiger partial charge in [-0.1, -0.05) is 17.8 Å². The first-order valence-electron chi connectivity index (χ1n) is 9.52. The number of nitrogens with one attached hydrogen (secondary N) is 1. The lowest BCUT2D eigenvalue weighted by Gasteiger charge is -2.14. The number of amides is 1. The maximum atomic E-state index is 13.2. The molecule has 2 aromatic carbocycles. The number of hydrogen-bond acceptors (Lipinski definition) is 6. The van der Waals surface area contributed by atoms with Crippen LogP contribution in [0.1, 0.15) is 5.56 Å². The van der Waals surface area contributed by atoms with E-state index in [1.54, 1.807) is 24.1 Å². The number of imidazole rings is 1. The second-order valence-electron chi connectivity index (χ2n) is 6.69. The van der Waals surface area contributed by atoms with Crippen LogP contribution in [0.25, 0.3) is 11.4 Å². The van der Waals surface area contributed by atoms with E-state index >= 15 is 0 Å². The van der Waals surface area contributed by atoms with Gasteiger partial charge < -0.3 is 10.1 Å². The Hall–Kier alpha value is -3.80. The fourth-order valence-electron chi connectivity index (χ4n) is 3.01. The van der Waals surface area contributed by atoms with E-state index in [-0.39, 0.29) is 17.1 Å². The zero-order valence-corrected chi connectivity index (χ0v) is 18.0. The highest BCUT2D eigenvalue weighted by Crippen LogP contribution is 2.33. The zero-order valence-electron chi connectivity index (χ0n) is 17.2. The van der Waals surface area contributed by atoms with E-state index in [4.69, 9.17) is 4.74 Å². The van der Waals surface area contributed by atoms with Gasteiger partial charge in [0.25, 0.3) is 0 Å². The molecule has 4 aromatic rings. The van der Waals surface area contributed by atoms with Gasteiger partial charge in [0.15, 0.2) is 5.16 Å². The lowest BCUT2D eigenvalue weighted by atomic mass is 10.1. The molecule has 0 saturated heterocycles. The Labute approximate surface area is 190 Å². The van der Waals surface area contributed by atoms with Crippen LogP contribution in [0, 0.1) is 0 Å². The van der Waals surface area contributed by atoms with E-state index in [0.717, 1.165) is 29.6 Å². The number of halogens is 3. The Bertz CT molecular complexity index is 1260. The highest BCUT2D eigenvalue weighted by Gasteiger charge is 2.31. The molecule has 0 radical (unpaired) electrons. The van der Waals surface area contributed by atoms with E-state index in [1.807, 2.05) is 24.3 Å². The molecule has 2 aromatic heterocycles. The normalized spacial score (nSPS) is 11.4. The Morgan fingerprint density at radius 3 is 2.79 bits per heavy atom. The molecular weight excluding hydrogens is 457 g/mol. The van der Waals surface area contributed by atoms with Crippen molar-refractivity contribution < 1.29 is 22.7 Å². The molecule has 0 spiro atoms. The summed E-state index contributed by atoms with van der Waals surface area (Å²) in [6, 6.07) is 10.3. The molecule has 1 N–H and O–H groups in total. The summed E-state index contributed by atoms with van der Waals surface area (Å²) in [6.45, 7) is 0. The highest BCUT2D eigenvalue weighted by atomic mass is 32.2. The molecule has 170 valence electrons. The average molecular weight is 474 g/mol. The van der Waals surface area contributed by atoms with Crippen molar-refractivity contribution in [2.75, 3.05) is 18.2 Å². The molecule has 1 amide bonds. The molecule has 4 rings (SSSR count). The molecular formula is C21H17F3N6O2S. The fraction of sp³-hybridized carbons (Fsp3) is 0.143. The van der Waals surface area contributed by atoms with Gasteiger partial charge in [-0.2, -0.15) is 18.3 Å². The van der Waals surface area contributed by atoms with Crippen LogP contribution < -0.4 is 10.1 Å². The summed E-state index contributed by atoms with van der Waals surface area (Å²) in [6.07, 6.45) is 1.35. The van der Waals surface area contributed by atoms with Crippen LogP contribution in [0.4, 0.5) is 18.9 Å². The van der Waals surface area contributed by atoms with Gasteiger partial charge in [0.05, 0.1) is 35.5 Å². The predicted octanol–water partition coefficient (Wildman–Crippen LogP) is 4.21. The number of hydrogen-bond donors (Lipinski definition) is 1.